The molecule has 0 aliphatic heterocycles. The van der Waals surface area contributed by atoms with E-state index < -0.39 is 11.7 Å². The largest absolute Gasteiger partial charge is 0.417 e. The van der Waals surface area contributed by atoms with Crippen LogP contribution in [0.1, 0.15) is 24.6 Å². The van der Waals surface area contributed by atoms with Crippen LogP contribution in [0.2, 0.25) is 0 Å². The van der Waals surface area contributed by atoms with Gasteiger partial charge in [0.1, 0.15) is 0 Å². The van der Waals surface area contributed by atoms with Crippen LogP contribution >= 0.6 is 0 Å². The molecule has 108 valence electrons. The van der Waals surface area contributed by atoms with Crippen LogP contribution in [0.5, 0.6) is 0 Å². The molecule has 20 heavy (non-hydrogen) atoms. The molecule has 0 radical (unpaired) electrons. The summed E-state index contributed by atoms with van der Waals surface area (Å²) in [5.74, 6) is 0. The molecular formula is C14H16F3N3. The van der Waals surface area contributed by atoms with Crippen molar-refractivity contribution in [3.8, 4) is 11.3 Å². The fourth-order valence-corrected chi connectivity index (χ4v) is 1.98. The topological polar surface area (TPSA) is 54.7 Å². The third kappa shape index (κ3) is 3.19. The summed E-state index contributed by atoms with van der Waals surface area (Å²) in [6.07, 6.45) is -3.03. The van der Waals surface area contributed by atoms with Crippen molar-refractivity contribution in [3.05, 3.63) is 41.6 Å². The second kappa shape index (κ2) is 5.66. The standard InChI is InChI=1S/C14H16F3N3/c1-2-9(18)7-10-8-13(20-19-10)11-5-3-4-6-12(11)14(15,16)17/h3-6,8-9H,2,7,18H2,1H3,(H,19,20). The molecule has 0 aliphatic rings. The van der Waals surface area contributed by atoms with Crippen molar-refractivity contribution in [2.24, 2.45) is 5.73 Å². The predicted octanol–water partition coefficient (Wildman–Crippen LogP) is 3.38. The lowest BCUT2D eigenvalue weighted by Crippen LogP contribution is -2.21. The quantitative estimate of drug-likeness (QED) is 0.903. The lowest BCUT2D eigenvalue weighted by Gasteiger charge is -2.10. The van der Waals surface area contributed by atoms with Crippen LogP contribution in [0.3, 0.4) is 0 Å². The van der Waals surface area contributed by atoms with Crippen molar-refractivity contribution in [1.82, 2.24) is 10.2 Å². The minimum absolute atomic E-state index is 0.0267. The maximum absolute atomic E-state index is 12.9. The van der Waals surface area contributed by atoms with Gasteiger partial charge in [0.05, 0.1) is 11.3 Å². The number of nitrogens with one attached hydrogen (secondary N) is 1. The van der Waals surface area contributed by atoms with Crippen LogP contribution in [-0.2, 0) is 12.6 Å². The number of aromatic amines is 1. The first-order valence-electron chi connectivity index (χ1n) is 6.38. The van der Waals surface area contributed by atoms with Crippen LogP contribution in [0, 0.1) is 0 Å². The van der Waals surface area contributed by atoms with Crippen molar-refractivity contribution < 1.29 is 13.2 Å². The lowest BCUT2D eigenvalue weighted by molar-refractivity contribution is -0.137. The van der Waals surface area contributed by atoms with Crippen LogP contribution in [-0.4, -0.2) is 16.2 Å². The Morgan fingerprint density at radius 2 is 2.00 bits per heavy atom. The van der Waals surface area contributed by atoms with Gasteiger partial charge in [-0.1, -0.05) is 25.1 Å². The molecule has 1 atom stereocenters. The van der Waals surface area contributed by atoms with Crippen LogP contribution in [0.4, 0.5) is 13.2 Å². The first kappa shape index (κ1) is 14.6. The normalized spacial score (nSPS) is 13.4. The minimum Gasteiger partial charge on any atom is -0.327 e. The summed E-state index contributed by atoms with van der Waals surface area (Å²) in [6.45, 7) is 1.96. The van der Waals surface area contributed by atoms with Gasteiger partial charge < -0.3 is 5.73 Å². The maximum atomic E-state index is 12.9. The molecule has 2 rings (SSSR count). The number of halogens is 3. The highest BCUT2D eigenvalue weighted by Crippen LogP contribution is 2.36. The van der Waals surface area contributed by atoms with E-state index in [0.717, 1.165) is 18.2 Å². The monoisotopic (exact) mass is 283 g/mol. The van der Waals surface area contributed by atoms with Gasteiger partial charge in [0, 0.05) is 23.7 Å². The molecule has 0 fully saturated rings. The van der Waals surface area contributed by atoms with E-state index in [4.69, 9.17) is 5.73 Å². The van der Waals surface area contributed by atoms with Gasteiger partial charge in [-0.25, -0.2) is 0 Å². The third-order valence-electron chi connectivity index (χ3n) is 3.15. The number of alkyl halides is 3. The molecule has 1 unspecified atom stereocenters. The molecule has 0 aliphatic carbocycles. The molecule has 3 N–H and O–H groups in total. The minimum atomic E-state index is -4.39. The predicted molar refractivity (Wildman–Crippen MR) is 71.0 cm³/mol. The summed E-state index contributed by atoms with van der Waals surface area (Å²) in [7, 11) is 0. The summed E-state index contributed by atoms with van der Waals surface area (Å²) in [5.41, 5.74) is 6.25. The number of nitrogens with zero attached hydrogens (tertiary/aromatic N) is 1. The Labute approximate surface area is 115 Å². The zero-order valence-corrected chi connectivity index (χ0v) is 11.0. The van der Waals surface area contributed by atoms with Gasteiger partial charge >= 0.3 is 6.18 Å². The summed E-state index contributed by atoms with van der Waals surface area (Å²) in [5, 5.41) is 6.72. The molecule has 0 spiro atoms. The molecule has 2 aromatic rings. The zero-order valence-electron chi connectivity index (χ0n) is 11.0. The van der Waals surface area contributed by atoms with Gasteiger partial charge in [-0.2, -0.15) is 18.3 Å². The maximum Gasteiger partial charge on any atom is 0.417 e. The highest BCUT2D eigenvalue weighted by Gasteiger charge is 2.33. The average molecular weight is 283 g/mol. The highest BCUT2D eigenvalue weighted by molar-refractivity contribution is 5.64. The van der Waals surface area contributed by atoms with E-state index in [0.29, 0.717) is 6.42 Å². The van der Waals surface area contributed by atoms with Crippen LogP contribution in [0.15, 0.2) is 30.3 Å². The number of nitrogens with two attached hydrogens (primary N) is 1. The third-order valence-corrected chi connectivity index (χ3v) is 3.15. The van der Waals surface area contributed by atoms with E-state index >= 15 is 0 Å². The Bertz CT molecular complexity index is 575. The van der Waals surface area contributed by atoms with E-state index in [2.05, 4.69) is 10.2 Å². The van der Waals surface area contributed by atoms with Crippen molar-refractivity contribution in [2.45, 2.75) is 32.0 Å². The number of H-pyrrole nitrogens is 1. The summed E-state index contributed by atoms with van der Waals surface area (Å²) in [6, 6.07) is 7.01. The van der Waals surface area contributed by atoms with Gasteiger partial charge in [-0.15, -0.1) is 0 Å². The Morgan fingerprint density at radius 3 is 2.65 bits per heavy atom. The number of benzene rings is 1. The van der Waals surface area contributed by atoms with Gasteiger partial charge in [0.25, 0.3) is 0 Å². The van der Waals surface area contributed by atoms with Crippen molar-refractivity contribution >= 4 is 0 Å². The number of rotatable bonds is 4. The van der Waals surface area contributed by atoms with E-state index in [1.165, 1.54) is 12.1 Å². The summed E-state index contributed by atoms with van der Waals surface area (Å²) < 4.78 is 38.8. The molecule has 1 aromatic heterocycles. The Hall–Kier alpha value is -1.82. The first-order chi connectivity index (χ1) is 9.41. The van der Waals surface area contributed by atoms with Gasteiger partial charge in [-0.05, 0) is 18.6 Å². The first-order valence-corrected chi connectivity index (χ1v) is 6.38. The van der Waals surface area contributed by atoms with Crippen LogP contribution < -0.4 is 5.73 Å². The van der Waals surface area contributed by atoms with E-state index in [-0.39, 0.29) is 17.3 Å². The molecule has 1 aromatic carbocycles. The summed E-state index contributed by atoms with van der Waals surface area (Å²) in [4.78, 5) is 0. The van der Waals surface area contributed by atoms with Gasteiger partial charge in [-0.3, -0.25) is 5.10 Å². The Morgan fingerprint density at radius 1 is 1.30 bits per heavy atom. The number of hydrogen-bond donors (Lipinski definition) is 2. The molecule has 6 heteroatoms. The zero-order chi connectivity index (χ0) is 14.8. The molecule has 0 saturated heterocycles. The molecule has 3 nitrogen and oxygen atoms in total. The molecule has 0 amide bonds. The summed E-state index contributed by atoms with van der Waals surface area (Å²) >= 11 is 0. The molecule has 0 saturated carbocycles. The van der Waals surface area contributed by atoms with Gasteiger partial charge in [0.2, 0.25) is 0 Å². The average Bonchev–Trinajstić information content (AvgIpc) is 2.86. The van der Waals surface area contributed by atoms with Crippen molar-refractivity contribution in [1.29, 1.82) is 0 Å². The second-order valence-corrected chi connectivity index (χ2v) is 4.69. The number of hydrogen-bond acceptors (Lipinski definition) is 2. The highest BCUT2D eigenvalue weighted by atomic mass is 19.4. The fourth-order valence-electron chi connectivity index (χ4n) is 1.98. The molecule has 1 heterocycles. The van der Waals surface area contributed by atoms with Crippen LogP contribution in [0.25, 0.3) is 11.3 Å². The lowest BCUT2D eigenvalue weighted by atomic mass is 10.0. The number of aromatic nitrogens is 2. The molecular weight excluding hydrogens is 267 g/mol. The fraction of sp³-hybridized carbons (Fsp3) is 0.357. The van der Waals surface area contributed by atoms with Gasteiger partial charge in [0.15, 0.2) is 0 Å². The smallest absolute Gasteiger partial charge is 0.327 e. The van der Waals surface area contributed by atoms with Crippen molar-refractivity contribution in [2.75, 3.05) is 0 Å². The Kier molecular flexibility index (Phi) is 4.13. The SMILES string of the molecule is CCC(N)Cc1cc(-c2ccccc2C(F)(F)F)n[nH]1. The van der Waals surface area contributed by atoms with Crippen molar-refractivity contribution in [3.63, 3.8) is 0 Å². The van der Waals surface area contributed by atoms with E-state index in [9.17, 15) is 13.2 Å². The van der Waals surface area contributed by atoms with E-state index in [1.807, 2.05) is 6.92 Å². The molecule has 0 bridgehead atoms. The second-order valence-electron chi connectivity index (χ2n) is 4.69. The van der Waals surface area contributed by atoms with E-state index in [1.54, 1.807) is 12.1 Å². The Balaban J connectivity index is 2.33.